The molecule has 1 heterocycles. The Hall–Kier alpha value is -3.08. The normalized spacial score (nSPS) is 13.8. The Kier molecular flexibility index (Phi) is 5.27. The predicted octanol–water partition coefficient (Wildman–Crippen LogP) is 0.392. The minimum absolute atomic E-state index is 0.113. The quantitative estimate of drug-likeness (QED) is 0.477. The summed E-state index contributed by atoms with van der Waals surface area (Å²) in [5, 5.41) is 10.0. The number of aromatic nitrogens is 2. The van der Waals surface area contributed by atoms with E-state index in [0.717, 1.165) is 5.56 Å². The van der Waals surface area contributed by atoms with Crippen molar-refractivity contribution >= 4 is 32.7 Å². The fourth-order valence-corrected chi connectivity index (χ4v) is 3.64. The van der Waals surface area contributed by atoms with Crippen LogP contribution in [0.25, 0.3) is 22.0 Å². The Morgan fingerprint density at radius 1 is 1.14 bits per heavy atom. The second-order valence-electron chi connectivity index (χ2n) is 6.25. The molecule has 3 rings (SSSR count). The van der Waals surface area contributed by atoms with Crippen LogP contribution < -0.4 is 16.2 Å². The third kappa shape index (κ3) is 3.93. The van der Waals surface area contributed by atoms with Crippen molar-refractivity contribution in [2.75, 3.05) is 5.73 Å². The highest BCUT2D eigenvalue weighted by atomic mass is 32.2. The molecule has 6 N–H and O–H groups in total. The van der Waals surface area contributed by atoms with Crippen molar-refractivity contribution in [3.05, 3.63) is 48.8 Å². The molecule has 9 nitrogen and oxygen atoms in total. The Labute approximate surface area is 161 Å². The summed E-state index contributed by atoms with van der Waals surface area (Å²) in [4.78, 5) is 19.9. The van der Waals surface area contributed by atoms with Crippen LogP contribution in [0, 0.1) is 0 Å². The largest absolute Gasteiger partial charge is 0.391 e. The summed E-state index contributed by atoms with van der Waals surface area (Å²) in [6, 6.07) is 10.0. The number of amides is 1. The molecule has 3 aromatic rings. The molecule has 2 aromatic carbocycles. The van der Waals surface area contributed by atoms with Gasteiger partial charge in [-0.1, -0.05) is 18.2 Å². The zero-order valence-electron chi connectivity index (χ0n) is 14.9. The Morgan fingerprint density at radius 3 is 2.57 bits per heavy atom. The lowest BCUT2D eigenvalue weighted by Crippen LogP contribution is -2.48. The highest BCUT2D eigenvalue weighted by Gasteiger charge is 2.25. The van der Waals surface area contributed by atoms with Gasteiger partial charge in [-0.2, -0.15) is 0 Å². The molecule has 0 saturated carbocycles. The van der Waals surface area contributed by atoms with Crippen LogP contribution in [0.5, 0.6) is 0 Å². The lowest BCUT2D eigenvalue weighted by atomic mass is 10.0. The van der Waals surface area contributed by atoms with Crippen LogP contribution in [0.1, 0.15) is 6.92 Å². The molecule has 0 spiro atoms. The number of benzene rings is 2. The Morgan fingerprint density at radius 2 is 1.86 bits per heavy atom. The molecule has 10 heteroatoms. The maximum Gasteiger partial charge on any atom is 0.264 e. The van der Waals surface area contributed by atoms with Crippen molar-refractivity contribution in [2.45, 2.75) is 24.0 Å². The predicted molar refractivity (Wildman–Crippen MR) is 104 cm³/mol. The molecular formula is C18H19N5O4S. The SMILES string of the molecule is C[C@@H](O)[C@H](N)C(=O)NS(=O)(=O)c1cccc(-c2ccc3c(N)ncnc3c2)c1. The fourth-order valence-electron chi connectivity index (χ4n) is 2.58. The monoisotopic (exact) mass is 401 g/mol. The number of nitrogens with two attached hydrogens (primary N) is 2. The van der Waals surface area contributed by atoms with E-state index in [1.54, 1.807) is 30.3 Å². The molecule has 0 radical (unpaired) electrons. The first-order valence-electron chi connectivity index (χ1n) is 8.30. The van der Waals surface area contributed by atoms with Gasteiger partial charge in [0.1, 0.15) is 18.2 Å². The number of fused-ring (bicyclic) bond motifs is 1. The number of nitrogen functional groups attached to an aromatic ring is 1. The van der Waals surface area contributed by atoms with Crippen molar-refractivity contribution < 1.29 is 18.3 Å². The second kappa shape index (κ2) is 7.50. The summed E-state index contributed by atoms with van der Waals surface area (Å²) in [5.41, 5.74) is 13.2. The number of carbonyl (C=O) groups excluding carboxylic acids is 1. The molecule has 0 fully saturated rings. The van der Waals surface area contributed by atoms with Crippen molar-refractivity contribution in [3.63, 3.8) is 0 Å². The fraction of sp³-hybridized carbons (Fsp3) is 0.167. The van der Waals surface area contributed by atoms with Crippen LogP contribution in [-0.4, -0.2) is 41.5 Å². The maximum atomic E-state index is 12.5. The number of sulfonamides is 1. The lowest BCUT2D eigenvalue weighted by Gasteiger charge is -2.15. The summed E-state index contributed by atoms with van der Waals surface area (Å²) < 4.78 is 26.9. The van der Waals surface area contributed by atoms with E-state index in [9.17, 15) is 18.3 Å². The van der Waals surface area contributed by atoms with Gasteiger partial charge in [0, 0.05) is 5.39 Å². The summed E-state index contributed by atoms with van der Waals surface area (Å²) in [7, 11) is -4.15. The first-order chi connectivity index (χ1) is 13.2. The van der Waals surface area contributed by atoms with Crippen LogP contribution in [0.4, 0.5) is 5.82 Å². The average molecular weight is 401 g/mol. The van der Waals surface area contributed by atoms with E-state index in [-0.39, 0.29) is 4.90 Å². The van der Waals surface area contributed by atoms with Gasteiger partial charge in [0.2, 0.25) is 0 Å². The summed E-state index contributed by atoms with van der Waals surface area (Å²) in [6.07, 6.45) is 0.164. The molecule has 0 saturated heterocycles. The summed E-state index contributed by atoms with van der Waals surface area (Å²) in [6.45, 7) is 1.30. The van der Waals surface area contributed by atoms with Crippen molar-refractivity contribution in [1.82, 2.24) is 14.7 Å². The van der Waals surface area contributed by atoms with Crippen LogP contribution >= 0.6 is 0 Å². The number of nitrogens with one attached hydrogen (secondary N) is 1. The van der Waals surface area contributed by atoms with Crippen molar-refractivity contribution in [2.24, 2.45) is 5.73 Å². The van der Waals surface area contributed by atoms with Crippen LogP contribution in [0.2, 0.25) is 0 Å². The minimum Gasteiger partial charge on any atom is -0.391 e. The third-order valence-electron chi connectivity index (χ3n) is 4.20. The smallest absolute Gasteiger partial charge is 0.264 e. The number of aliphatic hydroxyl groups is 1. The molecule has 28 heavy (non-hydrogen) atoms. The minimum atomic E-state index is -4.15. The van der Waals surface area contributed by atoms with Crippen LogP contribution in [0.3, 0.4) is 0 Å². The molecule has 0 bridgehead atoms. The molecule has 2 atom stereocenters. The van der Waals surface area contributed by atoms with Gasteiger partial charge in [-0.25, -0.2) is 23.1 Å². The van der Waals surface area contributed by atoms with Crippen LogP contribution in [-0.2, 0) is 14.8 Å². The molecule has 1 amide bonds. The van der Waals surface area contributed by atoms with Gasteiger partial charge in [0.25, 0.3) is 15.9 Å². The standard InChI is InChI=1S/C18H19N5O4S/c1-10(24)16(19)18(25)23-28(26,27)13-4-2-3-11(7-13)12-5-6-14-15(8-12)21-9-22-17(14)20/h2-10,16,24H,19H2,1H3,(H,23,25)(H2,20,21,22)/t10-,16+/m1/s1. The zero-order valence-corrected chi connectivity index (χ0v) is 15.7. The van der Waals surface area contributed by atoms with Crippen LogP contribution in [0.15, 0.2) is 53.7 Å². The first-order valence-corrected chi connectivity index (χ1v) is 9.78. The third-order valence-corrected chi connectivity index (χ3v) is 5.55. The summed E-state index contributed by atoms with van der Waals surface area (Å²) in [5.74, 6) is -0.636. The van der Waals surface area contributed by atoms with E-state index < -0.39 is 28.1 Å². The van der Waals surface area contributed by atoms with Gasteiger partial charge < -0.3 is 16.6 Å². The second-order valence-corrected chi connectivity index (χ2v) is 7.94. The lowest BCUT2D eigenvalue weighted by molar-refractivity contribution is -0.122. The maximum absolute atomic E-state index is 12.5. The van der Waals surface area contributed by atoms with Crippen molar-refractivity contribution in [3.8, 4) is 11.1 Å². The number of rotatable bonds is 5. The number of carbonyl (C=O) groups is 1. The number of aliphatic hydroxyl groups excluding tert-OH is 1. The highest BCUT2D eigenvalue weighted by Crippen LogP contribution is 2.27. The molecule has 0 aliphatic rings. The van der Waals surface area contributed by atoms with Gasteiger partial charge in [0.05, 0.1) is 16.5 Å². The van der Waals surface area contributed by atoms with E-state index >= 15 is 0 Å². The van der Waals surface area contributed by atoms with E-state index in [1.165, 1.54) is 25.4 Å². The van der Waals surface area contributed by atoms with E-state index in [4.69, 9.17) is 11.5 Å². The van der Waals surface area contributed by atoms with Gasteiger partial charge in [-0.3, -0.25) is 4.79 Å². The van der Waals surface area contributed by atoms with Gasteiger partial charge in [0.15, 0.2) is 0 Å². The highest BCUT2D eigenvalue weighted by molar-refractivity contribution is 7.90. The van der Waals surface area contributed by atoms with Crippen molar-refractivity contribution in [1.29, 1.82) is 0 Å². The van der Waals surface area contributed by atoms with E-state index in [1.807, 2.05) is 4.72 Å². The van der Waals surface area contributed by atoms with Gasteiger partial charge >= 0.3 is 0 Å². The average Bonchev–Trinajstić information content (AvgIpc) is 2.67. The van der Waals surface area contributed by atoms with Gasteiger partial charge in [-0.15, -0.1) is 0 Å². The number of anilines is 1. The molecule has 0 unspecified atom stereocenters. The number of hydrogen-bond donors (Lipinski definition) is 4. The van der Waals surface area contributed by atoms with E-state index in [2.05, 4.69) is 9.97 Å². The molecule has 0 aliphatic carbocycles. The Bertz CT molecular complexity index is 1150. The zero-order chi connectivity index (χ0) is 20.5. The number of nitrogens with zero attached hydrogens (tertiary/aromatic N) is 2. The number of hydrogen-bond acceptors (Lipinski definition) is 8. The molecule has 0 aliphatic heterocycles. The topological polar surface area (TPSA) is 161 Å². The first kappa shape index (κ1) is 19.7. The van der Waals surface area contributed by atoms with Gasteiger partial charge in [-0.05, 0) is 42.3 Å². The molecule has 1 aromatic heterocycles. The molecular weight excluding hydrogens is 382 g/mol. The van der Waals surface area contributed by atoms with E-state index in [0.29, 0.717) is 22.3 Å². The summed E-state index contributed by atoms with van der Waals surface area (Å²) >= 11 is 0. The Balaban J connectivity index is 1.95. The molecule has 146 valence electrons.